The van der Waals surface area contributed by atoms with Crippen LogP contribution in [0.4, 0.5) is 0 Å². The molecule has 1 aliphatic carbocycles. The molecule has 1 N–H and O–H groups in total. The number of fused-ring (bicyclic) bond motifs is 3. The monoisotopic (exact) mass is 177 g/mol. The summed E-state index contributed by atoms with van der Waals surface area (Å²) in [6, 6.07) is 2.53. The molecule has 0 radical (unpaired) electrons. The third-order valence-electron chi connectivity index (χ3n) is 3.20. The van der Waals surface area contributed by atoms with Crippen molar-refractivity contribution in [1.82, 2.24) is 4.57 Å². The highest BCUT2D eigenvalue weighted by atomic mass is 16.4. The first-order valence-corrected chi connectivity index (χ1v) is 4.62. The first-order valence-electron chi connectivity index (χ1n) is 4.62. The van der Waals surface area contributed by atoms with Gasteiger partial charge in [0.2, 0.25) is 0 Å². The van der Waals surface area contributed by atoms with E-state index < -0.39 is 5.97 Å². The van der Waals surface area contributed by atoms with Crippen LogP contribution in [0, 0.1) is 12.8 Å². The number of aryl methyl sites for hydroxylation is 1. The molecule has 2 heterocycles. The van der Waals surface area contributed by atoms with E-state index in [0.717, 1.165) is 17.9 Å². The summed E-state index contributed by atoms with van der Waals surface area (Å²) in [7, 11) is 0. The van der Waals surface area contributed by atoms with Gasteiger partial charge < -0.3 is 9.67 Å². The highest BCUT2D eigenvalue weighted by Gasteiger charge is 2.47. The molecule has 68 valence electrons. The van der Waals surface area contributed by atoms with Crippen LogP contribution in [0.25, 0.3) is 0 Å². The second-order valence-corrected chi connectivity index (χ2v) is 4.11. The number of carboxylic acid groups (broad SMARTS) is 1. The van der Waals surface area contributed by atoms with Crippen LogP contribution in [0.1, 0.15) is 34.2 Å². The van der Waals surface area contributed by atoms with E-state index in [1.165, 1.54) is 12.1 Å². The highest BCUT2D eigenvalue weighted by molar-refractivity contribution is 5.88. The van der Waals surface area contributed by atoms with E-state index in [1.807, 2.05) is 17.6 Å². The fourth-order valence-corrected chi connectivity index (χ4v) is 2.57. The van der Waals surface area contributed by atoms with E-state index in [9.17, 15) is 4.79 Å². The Morgan fingerprint density at radius 2 is 2.46 bits per heavy atom. The Hall–Kier alpha value is -1.25. The van der Waals surface area contributed by atoms with Gasteiger partial charge in [-0.2, -0.15) is 0 Å². The van der Waals surface area contributed by atoms with Crippen LogP contribution in [0.3, 0.4) is 0 Å². The van der Waals surface area contributed by atoms with Gasteiger partial charge >= 0.3 is 5.97 Å². The average Bonchev–Trinajstić information content (AvgIpc) is 2.57. The second kappa shape index (κ2) is 1.97. The van der Waals surface area contributed by atoms with Crippen LogP contribution >= 0.6 is 0 Å². The second-order valence-electron chi connectivity index (χ2n) is 4.11. The van der Waals surface area contributed by atoms with Crippen LogP contribution in [0.2, 0.25) is 0 Å². The molecule has 1 fully saturated rings. The third-order valence-corrected chi connectivity index (χ3v) is 3.20. The van der Waals surface area contributed by atoms with E-state index in [1.54, 1.807) is 0 Å². The Morgan fingerprint density at radius 1 is 1.69 bits per heavy atom. The molecule has 1 aromatic heterocycles. The molecule has 3 rings (SSSR count). The third kappa shape index (κ3) is 0.767. The van der Waals surface area contributed by atoms with E-state index in [-0.39, 0.29) is 0 Å². The average molecular weight is 177 g/mol. The topological polar surface area (TPSA) is 42.2 Å². The molecule has 1 aromatic rings. The van der Waals surface area contributed by atoms with Gasteiger partial charge in [-0.25, -0.2) is 4.79 Å². The van der Waals surface area contributed by atoms with Gasteiger partial charge in [0.15, 0.2) is 0 Å². The molecule has 1 aliphatic heterocycles. The molecule has 0 aromatic carbocycles. The van der Waals surface area contributed by atoms with Crippen molar-refractivity contribution in [1.29, 1.82) is 0 Å². The number of hydrogen-bond donors (Lipinski definition) is 1. The molecule has 3 nitrogen and oxygen atoms in total. The number of hydrogen-bond acceptors (Lipinski definition) is 1. The Labute approximate surface area is 76.0 Å². The summed E-state index contributed by atoms with van der Waals surface area (Å²) in [6.07, 6.45) is 2.26. The maximum Gasteiger partial charge on any atom is 0.352 e. The molecule has 1 saturated carbocycles. The van der Waals surface area contributed by atoms with E-state index >= 15 is 0 Å². The number of carbonyl (C=O) groups is 1. The van der Waals surface area contributed by atoms with Gasteiger partial charge in [0, 0.05) is 11.7 Å². The standard InChI is InChI=1S/C10H11NO2/c1-5-2-7-3-6-4-8(6)11(7)9(5)10(12)13/h2,6,8H,3-4H2,1H3,(H,12,13). The molecule has 0 bridgehead atoms. The maximum atomic E-state index is 11.0. The van der Waals surface area contributed by atoms with Gasteiger partial charge in [0.1, 0.15) is 5.69 Å². The Morgan fingerprint density at radius 3 is 3.15 bits per heavy atom. The van der Waals surface area contributed by atoms with E-state index in [2.05, 4.69) is 0 Å². The fraction of sp³-hybridized carbons (Fsp3) is 0.500. The van der Waals surface area contributed by atoms with Crippen LogP contribution in [0.15, 0.2) is 6.07 Å². The molecular formula is C10H11NO2. The van der Waals surface area contributed by atoms with Crippen molar-refractivity contribution in [2.45, 2.75) is 25.8 Å². The van der Waals surface area contributed by atoms with Crippen LogP contribution in [0.5, 0.6) is 0 Å². The molecule has 0 amide bonds. The number of carboxylic acids is 1. The van der Waals surface area contributed by atoms with Crippen LogP contribution in [-0.2, 0) is 6.42 Å². The minimum absolute atomic E-state index is 0.509. The van der Waals surface area contributed by atoms with Gasteiger partial charge in [-0.3, -0.25) is 0 Å². The molecule has 0 saturated heterocycles. The molecule has 13 heavy (non-hydrogen) atoms. The van der Waals surface area contributed by atoms with Crippen molar-refractivity contribution >= 4 is 5.97 Å². The number of rotatable bonds is 1. The van der Waals surface area contributed by atoms with Crippen LogP contribution in [-0.4, -0.2) is 15.6 Å². The molecule has 3 heteroatoms. The van der Waals surface area contributed by atoms with Crippen LogP contribution < -0.4 is 0 Å². The Balaban J connectivity index is 2.22. The first-order chi connectivity index (χ1) is 6.18. The molecule has 2 atom stereocenters. The summed E-state index contributed by atoms with van der Waals surface area (Å²) >= 11 is 0. The van der Waals surface area contributed by atoms with Crippen molar-refractivity contribution in [2.75, 3.05) is 0 Å². The van der Waals surface area contributed by atoms with Gasteiger partial charge in [0.25, 0.3) is 0 Å². The zero-order valence-corrected chi connectivity index (χ0v) is 7.45. The first kappa shape index (κ1) is 7.18. The zero-order valence-electron chi connectivity index (χ0n) is 7.45. The van der Waals surface area contributed by atoms with E-state index in [0.29, 0.717) is 11.7 Å². The lowest BCUT2D eigenvalue weighted by Crippen LogP contribution is -2.08. The predicted molar refractivity (Wildman–Crippen MR) is 47.0 cm³/mol. The van der Waals surface area contributed by atoms with Gasteiger partial charge in [0.05, 0.1) is 0 Å². The lowest BCUT2D eigenvalue weighted by atomic mass is 10.2. The lowest BCUT2D eigenvalue weighted by molar-refractivity contribution is 0.0684. The quantitative estimate of drug-likeness (QED) is 0.708. The minimum atomic E-state index is -0.781. The molecule has 2 aliphatic rings. The molecular weight excluding hydrogens is 166 g/mol. The largest absolute Gasteiger partial charge is 0.477 e. The normalized spacial score (nSPS) is 28.4. The maximum absolute atomic E-state index is 11.0. The summed E-state index contributed by atoms with van der Waals surface area (Å²) in [5.74, 6) is -0.0370. The summed E-state index contributed by atoms with van der Waals surface area (Å²) in [4.78, 5) is 11.0. The number of nitrogens with zero attached hydrogens (tertiary/aromatic N) is 1. The van der Waals surface area contributed by atoms with Crippen molar-refractivity contribution in [3.05, 3.63) is 23.0 Å². The minimum Gasteiger partial charge on any atom is -0.477 e. The summed E-state index contributed by atoms with van der Waals surface area (Å²) in [5.41, 5.74) is 2.64. The van der Waals surface area contributed by atoms with Gasteiger partial charge in [-0.1, -0.05) is 0 Å². The van der Waals surface area contributed by atoms with Crippen molar-refractivity contribution in [2.24, 2.45) is 5.92 Å². The Kier molecular flexibility index (Phi) is 1.09. The molecule has 2 unspecified atom stereocenters. The van der Waals surface area contributed by atoms with Gasteiger partial charge in [-0.15, -0.1) is 0 Å². The summed E-state index contributed by atoms with van der Waals surface area (Å²) in [5, 5.41) is 9.03. The lowest BCUT2D eigenvalue weighted by Gasteiger charge is -2.04. The SMILES string of the molecule is Cc1cc2n(c1C(=O)O)C1CC1C2. The van der Waals surface area contributed by atoms with E-state index in [4.69, 9.17) is 5.11 Å². The highest BCUT2D eigenvalue weighted by Crippen LogP contribution is 2.53. The van der Waals surface area contributed by atoms with Crippen molar-refractivity contribution in [3.63, 3.8) is 0 Å². The summed E-state index contributed by atoms with van der Waals surface area (Å²) in [6.45, 7) is 1.88. The summed E-state index contributed by atoms with van der Waals surface area (Å²) < 4.78 is 2.03. The number of aromatic nitrogens is 1. The van der Waals surface area contributed by atoms with Gasteiger partial charge in [-0.05, 0) is 37.3 Å². The zero-order chi connectivity index (χ0) is 9.16. The number of aromatic carboxylic acids is 1. The fourth-order valence-electron chi connectivity index (χ4n) is 2.57. The predicted octanol–water partition coefficient (Wildman–Crippen LogP) is 1.61. The van der Waals surface area contributed by atoms with Crippen molar-refractivity contribution in [3.8, 4) is 0 Å². The van der Waals surface area contributed by atoms with Crippen molar-refractivity contribution < 1.29 is 9.90 Å². The smallest absolute Gasteiger partial charge is 0.352 e. The molecule has 0 spiro atoms. The Bertz CT molecular complexity index is 405.